The first-order chi connectivity index (χ1) is 7.66. The van der Waals surface area contributed by atoms with E-state index in [1.807, 2.05) is 12.1 Å². The van der Waals surface area contributed by atoms with Crippen LogP contribution in [0.15, 0.2) is 18.2 Å². The summed E-state index contributed by atoms with van der Waals surface area (Å²) in [4.78, 5) is 0. The largest absolute Gasteiger partial charge is 0.339 e. The van der Waals surface area contributed by atoms with Gasteiger partial charge in [-0.25, -0.2) is 0 Å². The van der Waals surface area contributed by atoms with Crippen molar-refractivity contribution in [3.05, 3.63) is 33.9 Å². The Morgan fingerprint density at radius 2 is 1.94 bits per heavy atom. The van der Waals surface area contributed by atoms with Crippen LogP contribution in [0.25, 0.3) is 10.9 Å². The summed E-state index contributed by atoms with van der Waals surface area (Å²) in [5.74, 6) is 0. The van der Waals surface area contributed by atoms with Gasteiger partial charge < -0.3 is 9.88 Å². The van der Waals surface area contributed by atoms with Crippen LogP contribution in [0.4, 0.5) is 0 Å². The Morgan fingerprint density at radius 1 is 1.24 bits per heavy atom. The van der Waals surface area contributed by atoms with Crippen molar-refractivity contribution in [1.82, 2.24) is 9.88 Å². The normalized spacial score (nSPS) is 18.9. The highest BCUT2D eigenvalue weighted by molar-refractivity contribution is 6.42. The second-order valence-electron chi connectivity index (χ2n) is 4.31. The van der Waals surface area contributed by atoms with Crippen molar-refractivity contribution in [2.75, 3.05) is 6.54 Å². The van der Waals surface area contributed by atoms with Crippen LogP contribution in [0.3, 0.4) is 0 Å². The van der Waals surface area contributed by atoms with Gasteiger partial charge in [-0.3, -0.25) is 0 Å². The van der Waals surface area contributed by atoms with E-state index in [-0.39, 0.29) is 12.4 Å². The van der Waals surface area contributed by atoms with Gasteiger partial charge in [0.25, 0.3) is 0 Å². The molecule has 0 saturated carbocycles. The fraction of sp³-hybridized carbons (Fsp3) is 0.333. The lowest BCUT2D eigenvalue weighted by Gasteiger charge is -2.24. The van der Waals surface area contributed by atoms with E-state index in [9.17, 15) is 0 Å². The van der Waals surface area contributed by atoms with Crippen molar-refractivity contribution >= 4 is 46.5 Å². The molecule has 0 radical (unpaired) electrons. The molecule has 2 heterocycles. The minimum atomic E-state index is 0. The van der Waals surface area contributed by atoms with Gasteiger partial charge in [0.15, 0.2) is 0 Å². The molecule has 1 aliphatic heterocycles. The lowest BCUT2D eigenvalue weighted by molar-refractivity contribution is 0.439. The van der Waals surface area contributed by atoms with Gasteiger partial charge in [-0.2, -0.15) is 0 Å². The predicted octanol–water partition coefficient (Wildman–Crippen LogP) is 4.03. The van der Waals surface area contributed by atoms with Gasteiger partial charge in [0.2, 0.25) is 0 Å². The Hall–Kier alpha value is -0.410. The lowest BCUT2D eigenvalue weighted by atomic mass is 10.2. The minimum Gasteiger partial charge on any atom is -0.339 e. The van der Waals surface area contributed by atoms with Crippen LogP contribution >= 0.6 is 35.6 Å². The molecule has 5 heteroatoms. The second kappa shape index (κ2) is 4.69. The van der Waals surface area contributed by atoms with Crippen LogP contribution in [-0.4, -0.2) is 11.1 Å². The van der Waals surface area contributed by atoms with Gasteiger partial charge in [-0.1, -0.05) is 23.2 Å². The highest BCUT2D eigenvalue weighted by atomic mass is 35.5. The molecule has 1 atom stereocenters. The van der Waals surface area contributed by atoms with E-state index in [4.69, 9.17) is 23.2 Å². The highest BCUT2D eigenvalue weighted by Gasteiger charge is 2.18. The van der Waals surface area contributed by atoms with Gasteiger partial charge in [0.05, 0.1) is 15.6 Å². The molecular formula is C12H13Cl3N2. The van der Waals surface area contributed by atoms with E-state index in [2.05, 4.69) is 22.9 Å². The van der Waals surface area contributed by atoms with E-state index in [0.717, 1.165) is 13.1 Å². The third-order valence-electron chi connectivity index (χ3n) is 3.15. The first-order valence-corrected chi connectivity index (χ1v) is 6.12. The molecule has 0 bridgehead atoms. The molecule has 3 rings (SSSR count). The molecule has 1 aromatic carbocycles. The van der Waals surface area contributed by atoms with Crippen molar-refractivity contribution in [1.29, 1.82) is 0 Å². The molecule has 0 saturated heterocycles. The molecule has 1 aliphatic rings. The van der Waals surface area contributed by atoms with Crippen LogP contribution in [0, 0.1) is 0 Å². The number of hydrogen-bond acceptors (Lipinski definition) is 1. The van der Waals surface area contributed by atoms with E-state index < -0.39 is 0 Å². The number of halogens is 3. The number of benzene rings is 1. The summed E-state index contributed by atoms with van der Waals surface area (Å²) in [7, 11) is 0. The molecule has 0 unspecified atom stereocenters. The zero-order valence-electron chi connectivity index (χ0n) is 9.34. The number of aromatic nitrogens is 1. The molecular weight excluding hydrogens is 279 g/mol. The smallest absolute Gasteiger partial charge is 0.0613 e. The number of fused-ring (bicyclic) bond motifs is 3. The summed E-state index contributed by atoms with van der Waals surface area (Å²) >= 11 is 12.1. The van der Waals surface area contributed by atoms with Crippen LogP contribution in [-0.2, 0) is 6.54 Å². The molecule has 17 heavy (non-hydrogen) atoms. The molecule has 1 aromatic heterocycles. The molecule has 0 aliphatic carbocycles. The van der Waals surface area contributed by atoms with Gasteiger partial charge in [0.1, 0.15) is 0 Å². The fourth-order valence-corrected chi connectivity index (χ4v) is 2.77. The highest BCUT2D eigenvalue weighted by Crippen LogP contribution is 2.32. The van der Waals surface area contributed by atoms with E-state index in [0.29, 0.717) is 16.1 Å². The zero-order chi connectivity index (χ0) is 11.3. The summed E-state index contributed by atoms with van der Waals surface area (Å²) in [6, 6.07) is 6.54. The Bertz CT molecular complexity index is 562. The lowest BCUT2D eigenvalue weighted by Crippen LogP contribution is -2.30. The summed E-state index contributed by atoms with van der Waals surface area (Å²) in [5, 5.41) is 5.81. The summed E-state index contributed by atoms with van der Waals surface area (Å²) in [6.45, 7) is 4.11. The summed E-state index contributed by atoms with van der Waals surface area (Å²) in [5.41, 5.74) is 2.48. The Morgan fingerprint density at radius 3 is 2.71 bits per heavy atom. The Labute approximate surface area is 116 Å². The average molecular weight is 292 g/mol. The van der Waals surface area contributed by atoms with Crippen LogP contribution in [0.5, 0.6) is 0 Å². The molecule has 92 valence electrons. The molecule has 0 spiro atoms. The summed E-state index contributed by atoms with van der Waals surface area (Å²) in [6.07, 6.45) is 0. The maximum atomic E-state index is 6.07. The zero-order valence-corrected chi connectivity index (χ0v) is 11.7. The van der Waals surface area contributed by atoms with Gasteiger partial charge in [0, 0.05) is 30.2 Å². The number of nitrogens with zero attached hydrogens (tertiary/aromatic N) is 1. The maximum Gasteiger partial charge on any atom is 0.0613 e. The third kappa shape index (κ3) is 2.04. The molecule has 2 aromatic rings. The number of nitrogens with one attached hydrogen (secondary N) is 1. The molecule has 0 amide bonds. The first-order valence-electron chi connectivity index (χ1n) is 5.36. The number of hydrogen-bond donors (Lipinski definition) is 1. The molecule has 1 N–H and O–H groups in total. The van der Waals surface area contributed by atoms with Crippen molar-refractivity contribution in [3.63, 3.8) is 0 Å². The quantitative estimate of drug-likeness (QED) is 0.775. The van der Waals surface area contributed by atoms with Gasteiger partial charge >= 0.3 is 0 Å². The van der Waals surface area contributed by atoms with E-state index in [1.165, 1.54) is 16.6 Å². The van der Waals surface area contributed by atoms with Crippen LogP contribution in [0.1, 0.15) is 18.7 Å². The predicted molar refractivity (Wildman–Crippen MR) is 75.6 cm³/mol. The van der Waals surface area contributed by atoms with Crippen LogP contribution in [0.2, 0.25) is 10.0 Å². The van der Waals surface area contributed by atoms with Crippen molar-refractivity contribution in [2.24, 2.45) is 0 Å². The molecule has 0 fully saturated rings. The molecule has 2 nitrogen and oxygen atoms in total. The van der Waals surface area contributed by atoms with Crippen LogP contribution < -0.4 is 5.32 Å². The minimum absolute atomic E-state index is 0. The SMILES string of the molecule is C[C@@H]1CNCc2cc3cc(Cl)c(Cl)cc3n21.Cl. The maximum absolute atomic E-state index is 6.07. The number of rotatable bonds is 0. The second-order valence-corrected chi connectivity index (χ2v) is 5.13. The third-order valence-corrected chi connectivity index (χ3v) is 3.87. The van der Waals surface area contributed by atoms with E-state index >= 15 is 0 Å². The Balaban J connectivity index is 0.00000108. The monoisotopic (exact) mass is 290 g/mol. The van der Waals surface area contributed by atoms with Crippen molar-refractivity contribution in [3.8, 4) is 0 Å². The van der Waals surface area contributed by atoms with E-state index in [1.54, 1.807) is 0 Å². The standard InChI is InChI=1S/C12H12Cl2N2.ClH/c1-7-5-15-6-9-2-8-3-10(13)11(14)4-12(8)16(7)9;/h2-4,7,15H,5-6H2,1H3;1H/t7-;/m1./s1. The van der Waals surface area contributed by atoms with Crippen molar-refractivity contribution in [2.45, 2.75) is 19.5 Å². The topological polar surface area (TPSA) is 17.0 Å². The average Bonchev–Trinajstić information content (AvgIpc) is 2.58. The van der Waals surface area contributed by atoms with Gasteiger partial charge in [-0.05, 0) is 25.1 Å². The van der Waals surface area contributed by atoms with Crippen molar-refractivity contribution < 1.29 is 0 Å². The Kier molecular flexibility index (Phi) is 3.60. The summed E-state index contributed by atoms with van der Waals surface area (Å²) < 4.78 is 2.34. The first kappa shape index (κ1) is 13.0. The fourth-order valence-electron chi connectivity index (χ4n) is 2.44. The van der Waals surface area contributed by atoms with Gasteiger partial charge in [-0.15, -0.1) is 12.4 Å².